The Morgan fingerprint density at radius 3 is 1.96 bits per heavy atom. The lowest BCUT2D eigenvalue weighted by Gasteiger charge is -2.08. The van der Waals surface area contributed by atoms with Gasteiger partial charge in [-0.05, 0) is 36.4 Å². The third-order valence-electron chi connectivity index (χ3n) is 3.50. The van der Waals surface area contributed by atoms with Crippen LogP contribution in [0.25, 0.3) is 10.9 Å². The Morgan fingerprint density at radius 1 is 0.667 bits per heavy atom. The number of aromatic nitrogens is 1. The number of fused-ring (bicyclic) bond motifs is 1. The summed E-state index contributed by atoms with van der Waals surface area (Å²) in [4.78, 5) is 4.34. The minimum Gasteiger partial charge on any atom is -0.399 e. The van der Waals surface area contributed by atoms with Crippen molar-refractivity contribution in [3.63, 3.8) is 0 Å². The predicted octanol–water partition coefficient (Wildman–Crippen LogP) is 5.25. The van der Waals surface area contributed by atoms with Gasteiger partial charge < -0.3 is 11.1 Å². The van der Waals surface area contributed by atoms with Gasteiger partial charge in [0.05, 0.1) is 5.52 Å². The SMILES string of the molecule is Nc1ccccc1.c1ccc(Nc2ccnc3ccccc23)cc1. The van der Waals surface area contributed by atoms with Crippen LogP contribution in [0, 0.1) is 0 Å². The highest BCUT2D eigenvalue weighted by molar-refractivity contribution is 5.92. The van der Waals surface area contributed by atoms with Gasteiger partial charge in [0.25, 0.3) is 0 Å². The molecule has 0 aliphatic heterocycles. The lowest BCUT2D eigenvalue weighted by Crippen LogP contribution is -1.91. The number of hydrogen-bond acceptors (Lipinski definition) is 3. The molecule has 118 valence electrons. The van der Waals surface area contributed by atoms with Gasteiger partial charge in [-0.15, -0.1) is 0 Å². The third-order valence-corrected chi connectivity index (χ3v) is 3.50. The maximum absolute atomic E-state index is 5.36. The summed E-state index contributed by atoms with van der Waals surface area (Å²) in [5.41, 5.74) is 9.36. The van der Waals surface area contributed by atoms with E-state index in [0.717, 1.165) is 28.0 Å². The average molecular weight is 313 g/mol. The number of rotatable bonds is 2. The van der Waals surface area contributed by atoms with E-state index in [9.17, 15) is 0 Å². The summed E-state index contributed by atoms with van der Waals surface area (Å²) < 4.78 is 0. The molecule has 3 heteroatoms. The Kier molecular flexibility index (Phi) is 5.05. The number of para-hydroxylation sites is 3. The Morgan fingerprint density at radius 2 is 1.29 bits per heavy atom. The van der Waals surface area contributed by atoms with E-state index in [1.165, 1.54) is 0 Å². The van der Waals surface area contributed by atoms with Crippen molar-refractivity contribution in [2.75, 3.05) is 11.1 Å². The minimum atomic E-state index is 0.822. The topological polar surface area (TPSA) is 50.9 Å². The summed E-state index contributed by atoms with van der Waals surface area (Å²) in [7, 11) is 0. The molecule has 0 saturated carbocycles. The fraction of sp³-hybridized carbons (Fsp3) is 0. The molecule has 0 bridgehead atoms. The fourth-order valence-corrected chi connectivity index (χ4v) is 2.33. The van der Waals surface area contributed by atoms with E-state index in [1.54, 1.807) is 0 Å². The van der Waals surface area contributed by atoms with Crippen LogP contribution in [0.2, 0.25) is 0 Å². The van der Waals surface area contributed by atoms with Crippen molar-refractivity contribution in [2.45, 2.75) is 0 Å². The van der Waals surface area contributed by atoms with Gasteiger partial charge in [-0.25, -0.2) is 0 Å². The van der Waals surface area contributed by atoms with E-state index in [1.807, 2.05) is 79.0 Å². The molecule has 0 amide bonds. The quantitative estimate of drug-likeness (QED) is 0.497. The zero-order valence-corrected chi connectivity index (χ0v) is 13.3. The fourth-order valence-electron chi connectivity index (χ4n) is 2.33. The monoisotopic (exact) mass is 313 g/mol. The zero-order chi connectivity index (χ0) is 16.6. The highest BCUT2D eigenvalue weighted by Crippen LogP contribution is 2.24. The Hall–Kier alpha value is -3.33. The number of nitrogen functional groups attached to an aromatic ring is 1. The molecule has 0 aliphatic rings. The number of anilines is 3. The first-order chi connectivity index (χ1) is 11.8. The van der Waals surface area contributed by atoms with Gasteiger partial charge in [0.2, 0.25) is 0 Å². The average Bonchev–Trinajstić information content (AvgIpc) is 2.64. The van der Waals surface area contributed by atoms with Crippen LogP contribution in [0.1, 0.15) is 0 Å². The van der Waals surface area contributed by atoms with E-state index in [-0.39, 0.29) is 0 Å². The molecule has 3 aromatic carbocycles. The van der Waals surface area contributed by atoms with Crippen molar-refractivity contribution in [3.8, 4) is 0 Å². The second-order valence-corrected chi connectivity index (χ2v) is 5.28. The molecule has 1 aromatic heterocycles. The van der Waals surface area contributed by atoms with Crippen molar-refractivity contribution in [3.05, 3.63) is 97.2 Å². The largest absolute Gasteiger partial charge is 0.399 e. The van der Waals surface area contributed by atoms with E-state index in [2.05, 4.69) is 28.5 Å². The molecule has 3 N–H and O–H groups in total. The number of nitrogens with one attached hydrogen (secondary N) is 1. The maximum atomic E-state index is 5.36. The lowest BCUT2D eigenvalue weighted by atomic mass is 10.2. The molecule has 0 atom stereocenters. The van der Waals surface area contributed by atoms with E-state index in [4.69, 9.17) is 5.73 Å². The summed E-state index contributed by atoms with van der Waals surface area (Å²) in [5, 5.41) is 4.54. The van der Waals surface area contributed by atoms with Crippen molar-refractivity contribution in [2.24, 2.45) is 0 Å². The number of hydrogen-bond donors (Lipinski definition) is 2. The number of nitrogens with zero attached hydrogens (tertiary/aromatic N) is 1. The van der Waals surface area contributed by atoms with Crippen LogP contribution in [-0.4, -0.2) is 4.98 Å². The zero-order valence-electron chi connectivity index (χ0n) is 13.3. The van der Waals surface area contributed by atoms with Gasteiger partial charge >= 0.3 is 0 Å². The van der Waals surface area contributed by atoms with Crippen LogP contribution in [-0.2, 0) is 0 Å². The van der Waals surface area contributed by atoms with Crippen LogP contribution in [0.5, 0.6) is 0 Å². The first-order valence-corrected chi connectivity index (χ1v) is 7.79. The van der Waals surface area contributed by atoms with Crippen LogP contribution in [0.4, 0.5) is 17.1 Å². The van der Waals surface area contributed by atoms with E-state index in [0.29, 0.717) is 0 Å². The first-order valence-electron chi connectivity index (χ1n) is 7.79. The molecule has 0 spiro atoms. The minimum absolute atomic E-state index is 0.822. The number of benzene rings is 3. The number of nitrogens with two attached hydrogens (primary N) is 1. The predicted molar refractivity (Wildman–Crippen MR) is 102 cm³/mol. The van der Waals surface area contributed by atoms with Crippen LogP contribution in [0.15, 0.2) is 97.2 Å². The van der Waals surface area contributed by atoms with Gasteiger partial charge in [-0.1, -0.05) is 54.6 Å². The normalized spacial score (nSPS) is 9.83. The molecule has 4 rings (SSSR count). The van der Waals surface area contributed by atoms with Gasteiger partial charge in [0, 0.05) is 28.6 Å². The summed E-state index contributed by atoms with van der Waals surface area (Å²) in [6.07, 6.45) is 1.83. The molecule has 24 heavy (non-hydrogen) atoms. The number of pyridine rings is 1. The molecule has 0 fully saturated rings. The summed E-state index contributed by atoms with van der Waals surface area (Å²) >= 11 is 0. The van der Waals surface area contributed by atoms with E-state index < -0.39 is 0 Å². The molecule has 0 radical (unpaired) electrons. The molecule has 0 saturated heterocycles. The van der Waals surface area contributed by atoms with Gasteiger partial charge in [0.1, 0.15) is 0 Å². The second kappa shape index (κ2) is 7.79. The molecule has 3 nitrogen and oxygen atoms in total. The summed E-state index contributed by atoms with van der Waals surface area (Å²) in [6, 6.07) is 29.8. The highest BCUT2D eigenvalue weighted by Gasteiger charge is 2.00. The van der Waals surface area contributed by atoms with Crippen molar-refractivity contribution < 1.29 is 0 Å². The molecule has 4 aromatic rings. The van der Waals surface area contributed by atoms with Gasteiger partial charge in [0.15, 0.2) is 0 Å². The van der Waals surface area contributed by atoms with Gasteiger partial charge in [-0.3, -0.25) is 4.98 Å². The molecule has 0 aliphatic carbocycles. The lowest BCUT2D eigenvalue weighted by molar-refractivity contribution is 1.40. The van der Waals surface area contributed by atoms with Gasteiger partial charge in [-0.2, -0.15) is 0 Å². The highest BCUT2D eigenvalue weighted by atomic mass is 14.9. The smallest absolute Gasteiger partial charge is 0.0722 e. The maximum Gasteiger partial charge on any atom is 0.0722 e. The molecule has 1 heterocycles. The van der Waals surface area contributed by atoms with Crippen LogP contribution in [0.3, 0.4) is 0 Å². The Bertz CT molecular complexity index is 885. The van der Waals surface area contributed by atoms with Crippen molar-refractivity contribution >= 4 is 28.0 Å². The van der Waals surface area contributed by atoms with Crippen LogP contribution < -0.4 is 11.1 Å². The standard InChI is InChI=1S/C15H12N2.C6H7N/c1-2-6-12(7-3-1)17-15-10-11-16-14-9-5-4-8-13(14)15;7-6-4-2-1-3-5-6/h1-11H,(H,16,17);1-5H,7H2. The molecule has 0 unspecified atom stereocenters. The third kappa shape index (κ3) is 4.11. The van der Waals surface area contributed by atoms with Crippen molar-refractivity contribution in [1.82, 2.24) is 4.98 Å². The Labute approximate surface area is 141 Å². The van der Waals surface area contributed by atoms with E-state index >= 15 is 0 Å². The summed E-state index contributed by atoms with van der Waals surface area (Å²) in [5.74, 6) is 0. The van der Waals surface area contributed by atoms with Crippen molar-refractivity contribution in [1.29, 1.82) is 0 Å². The summed E-state index contributed by atoms with van der Waals surface area (Å²) in [6.45, 7) is 0. The second-order valence-electron chi connectivity index (χ2n) is 5.28. The Balaban J connectivity index is 0.000000203. The first kappa shape index (κ1) is 15.6. The molecular formula is C21H19N3. The molecular weight excluding hydrogens is 294 g/mol. The van der Waals surface area contributed by atoms with Crippen LogP contribution >= 0.6 is 0 Å².